The number of benzene rings is 1. The van der Waals surface area contributed by atoms with E-state index in [4.69, 9.17) is 5.73 Å². The van der Waals surface area contributed by atoms with Crippen molar-refractivity contribution in [2.24, 2.45) is 5.73 Å². The van der Waals surface area contributed by atoms with Crippen molar-refractivity contribution in [3.63, 3.8) is 0 Å². The van der Waals surface area contributed by atoms with Gasteiger partial charge in [-0.05, 0) is 62.9 Å². The van der Waals surface area contributed by atoms with Crippen LogP contribution in [-0.2, 0) is 0 Å². The van der Waals surface area contributed by atoms with E-state index in [1.807, 2.05) is 29.7 Å². The zero-order valence-electron chi connectivity index (χ0n) is 14.2. The van der Waals surface area contributed by atoms with Crippen molar-refractivity contribution in [3.8, 4) is 0 Å². The number of rotatable bonds is 4. The lowest BCUT2D eigenvalue weighted by Crippen LogP contribution is -2.31. The summed E-state index contributed by atoms with van der Waals surface area (Å²) in [7, 11) is 0. The van der Waals surface area contributed by atoms with E-state index in [9.17, 15) is 4.79 Å². The first-order valence-electron chi connectivity index (χ1n) is 7.91. The molecule has 2 unspecified atom stereocenters. The van der Waals surface area contributed by atoms with E-state index in [2.05, 4.69) is 39.8 Å². The molecule has 2 N–H and O–H groups in total. The van der Waals surface area contributed by atoms with Crippen LogP contribution < -0.4 is 11.3 Å². The molecule has 2 aromatic rings. The molecule has 0 aliphatic heterocycles. The van der Waals surface area contributed by atoms with Crippen LogP contribution in [0.4, 0.5) is 0 Å². The van der Waals surface area contributed by atoms with Gasteiger partial charge in [0.15, 0.2) is 0 Å². The van der Waals surface area contributed by atoms with Gasteiger partial charge in [-0.2, -0.15) is 0 Å². The molecule has 0 fully saturated rings. The molecule has 3 heteroatoms. The smallest absolute Gasteiger partial charge is 0.256 e. The van der Waals surface area contributed by atoms with E-state index in [-0.39, 0.29) is 17.6 Å². The molecule has 0 saturated heterocycles. The van der Waals surface area contributed by atoms with Crippen LogP contribution in [0.15, 0.2) is 35.1 Å². The fourth-order valence-corrected chi connectivity index (χ4v) is 2.77. The van der Waals surface area contributed by atoms with E-state index >= 15 is 0 Å². The summed E-state index contributed by atoms with van der Waals surface area (Å²) in [5, 5.41) is 0. The zero-order valence-corrected chi connectivity index (χ0v) is 14.2. The Morgan fingerprint density at radius 2 is 1.77 bits per heavy atom. The molecule has 118 valence electrons. The molecular weight excluding hydrogens is 272 g/mol. The van der Waals surface area contributed by atoms with Gasteiger partial charge >= 0.3 is 0 Å². The second kappa shape index (κ2) is 6.49. The highest BCUT2D eigenvalue weighted by Crippen LogP contribution is 2.21. The van der Waals surface area contributed by atoms with Gasteiger partial charge in [0.1, 0.15) is 0 Å². The zero-order chi connectivity index (χ0) is 16.4. The Morgan fingerprint density at radius 1 is 1.09 bits per heavy atom. The second-order valence-electron chi connectivity index (χ2n) is 6.18. The van der Waals surface area contributed by atoms with Gasteiger partial charge in [-0.3, -0.25) is 4.79 Å². The van der Waals surface area contributed by atoms with Crippen LogP contribution in [-0.4, -0.2) is 4.57 Å². The van der Waals surface area contributed by atoms with Gasteiger partial charge in [0.2, 0.25) is 0 Å². The van der Waals surface area contributed by atoms with Gasteiger partial charge in [-0.25, -0.2) is 0 Å². The number of nitrogens with two attached hydrogens (primary N) is 1. The van der Waals surface area contributed by atoms with Crippen LogP contribution in [0.1, 0.15) is 60.3 Å². The van der Waals surface area contributed by atoms with E-state index < -0.39 is 0 Å². The summed E-state index contributed by atoms with van der Waals surface area (Å²) in [6.45, 7) is 10.3. The number of nitrogens with zero attached hydrogens (tertiary/aromatic N) is 1. The highest BCUT2D eigenvalue weighted by atomic mass is 16.1. The van der Waals surface area contributed by atoms with Crippen LogP contribution in [0.3, 0.4) is 0 Å². The van der Waals surface area contributed by atoms with Gasteiger partial charge in [-0.1, -0.05) is 25.1 Å². The van der Waals surface area contributed by atoms with Crippen LogP contribution in [0, 0.1) is 20.8 Å². The topological polar surface area (TPSA) is 48.0 Å². The maximum atomic E-state index is 12.8. The SMILES string of the molecule is CCC(C)n1c(C)ccc(C(N)c2ccc(C)c(C)c2)c1=O. The molecule has 0 aliphatic rings. The molecule has 0 aliphatic carbocycles. The van der Waals surface area contributed by atoms with E-state index in [0.29, 0.717) is 5.56 Å². The summed E-state index contributed by atoms with van der Waals surface area (Å²) in [6, 6.07) is 9.81. The lowest BCUT2D eigenvalue weighted by molar-refractivity contribution is 0.497. The summed E-state index contributed by atoms with van der Waals surface area (Å²) >= 11 is 0. The standard InChI is InChI=1S/C19H26N2O/c1-6-14(4)21-15(5)8-10-17(19(21)22)18(20)16-9-7-12(2)13(3)11-16/h7-11,14,18H,6,20H2,1-5H3. The van der Waals surface area contributed by atoms with Crippen LogP contribution in [0.25, 0.3) is 0 Å². The Balaban J connectivity index is 2.52. The maximum absolute atomic E-state index is 12.8. The van der Waals surface area contributed by atoms with E-state index in [1.165, 1.54) is 11.1 Å². The first-order valence-corrected chi connectivity index (χ1v) is 7.91. The van der Waals surface area contributed by atoms with Crippen molar-refractivity contribution in [3.05, 3.63) is 68.6 Å². The number of hydrogen-bond acceptors (Lipinski definition) is 2. The first-order chi connectivity index (χ1) is 10.4. The Morgan fingerprint density at radius 3 is 2.36 bits per heavy atom. The number of hydrogen-bond donors (Lipinski definition) is 1. The predicted molar refractivity (Wildman–Crippen MR) is 92.4 cm³/mol. The fraction of sp³-hybridized carbons (Fsp3) is 0.421. The van der Waals surface area contributed by atoms with Crippen molar-refractivity contribution >= 4 is 0 Å². The Hall–Kier alpha value is -1.87. The highest BCUT2D eigenvalue weighted by Gasteiger charge is 2.17. The molecule has 3 nitrogen and oxygen atoms in total. The molecule has 1 heterocycles. The number of aromatic nitrogens is 1. The Labute approximate surface area is 132 Å². The third-order valence-electron chi connectivity index (χ3n) is 4.61. The normalized spacial score (nSPS) is 13.9. The third kappa shape index (κ3) is 3.00. The van der Waals surface area contributed by atoms with Crippen LogP contribution in [0.2, 0.25) is 0 Å². The molecule has 0 saturated carbocycles. The highest BCUT2D eigenvalue weighted by molar-refractivity contribution is 5.36. The van der Waals surface area contributed by atoms with E-state index in [0.717, 1.165) is 17.7 Å². The average molecular weight is 298 g/mol. The minimum absolute atomic E-state index is 0.0279. The van der Waals surface area contributed by atoms with Gasteiger partial charge in [0.25, 0.3) is 5.56 Å². The summed E-state index contributed by atoms with van der Waals surface area (Å²) in [4.78, 5) is 12.8. The minimum atomic E-state index is -0.386. The van der Waals surface area contributed by atoms with Crippen molar-refractivity contribution in [1.82, 2.24) is 4.57 Å². The second-order valence-corrected chi connectivity index (χ2v) is 6.18. The monoisotopic (exact) mass is 298 g/mol. The van der Waals surface area contributed by atoms with Crippen molar-refractivity contribution in [1.29, 1.82) is 0 Å². The Kier molecular flexibility index (Phi) is 4.87. The van der Waals surface area contributed by atoms with Crippen molar-refractivity contribution in [2.45, 2.75) is 53.1 Å². The summed E-state index contributed by atoms with van der Waals surface area (Å²) in [5.41, 5.74) is 11.5. The summed E-state index contributed by atoms with van der Waals surface area (Å²) in [6.07, 6.45) is 0.920. The summed E-state index contributed by atoms with van der Waals surface area (Å²) in [5.74, 6) is 0. The Bertz CT molecular complexity index is 731. The predicted octanol–water partition coefficient (Wildman–Crippen LogP) is 3.79. The quantitative estimate of drug-likeness (QED) is 0.933. The summed E-state index contributed by atoms with van der Waals surface area (Å²) < 4.78 is 1.86. The lowest BCUT2D eigenvalue weighted by atomic mass is 9.96. The first kappa shape index (κ1) is 16.5. The van der Waals surface area contributed by atoms with Gasteiger partial charge < -0.3 is 10.3 Å². The average Bonchev–Trinajstić information content (AvgIpc) is 2.49. The van der Waals surface area contributed by atoms with E-state index in [1.54, 1.807) is 0 Å². The van der Waals surface area contributed by atoms with Gasteiger partial charge in [0, 0.05) is 17.3 Å². The maximum Gasteiger partial charge on any atom is 0.256 e. The number of pyridine rings is 1. The molecule has 1 aromatic heterocycles. The lowest BCUT2D eigenvalue weighted by Gasteiger charge is -2.20. The van der Waals surface area contributed by atoms with Crippen molar-refractivity contribution in [2.75, 3.05) is 0 Å². The molecule has 2 atom stereocenters. The molecule has 1 aromatic carbocycles. The van der Waals surface area contributed by atoms with Crippen LogP contribution >= 0.6 is 0 Å². The molecule has 0 radical (unpaired) electrons. The minimum Gasteiger partial charge on any atom is -0.320 e. The molecule has 0 amide bonds. The molecule has 0 spiro atoms. The number of aryl methyl sites for hydroxylation is 3. The fourth-order valence-electron chi connectivity index (χ4n) is 2.77. The molecular formula is C19H26N2O. The largest absolute Gasteiger partial charge is 0.320 e. The molecule has 2 rings (SSSR count). The van der Waals surface area contributed by atoms with Crippen LogP contribution in [0.5, 0.6) is 0 Å². The molecule has 0 bridgehead atoms. The van der Waals surface area contributed by atoms with Gasteiger partial charge in [-0.15, -0.1) is 0 Å². The molecule has 22 heavy (non-hydrogen) atoms. The third-order valence-corrected chi connectivity index (χ3v) is 4.61. The van der Waals surface area contributed by atoms with Crippen molar-refractivity contribution < 1.29 is 0 Å². The van der Waals surface area contributed by atoms with Gasteiger partial charge in [0.05, 0.1) is 6.04 Å².